The lowest BCUT2D eigenvalue weighted by Crippen LogP contribution is -2.20. The van der Waals surface area contributed by atoms with Gasteiger partial charge >= 0.3 is 0 Å². The summed E-state index contributed by atoms with van der Waals surface area (Å²) in [4.78, 5) is 29.0. The molecule has 0 aliphatic carbocycles. The molecule has 33 heavy (non-hydrogen) atoms. The highest BCUT2D eigenvalue weighted by Crippen LogP contribution is 2.18. The second-order valence-electron chi connectivity index (χ2n) is 7.92. The van der Waals surface area contributed by atoms with Gasteiger partial charge in [0.05, 0.1) is 5.69 Å². The fourth-order valence-corrected chi connectivity index (χ4v) is 3.27. The Morgan fingerprint density at radius 3 is 2.42 bits per heavy atom. The van der Waals surface area contributed by atoms with Gasteiger partial charge in [-0.25, -0.2) is 4.98 Å². The number of benzene rings is 2. The van der Waals surface area contributed by atoms with Crippen molar-refractivity contribution in [2.24, 2.45) is 0 Å². The zero-order valence-electron chi connectivity index (χ0n) is 18.8. The van der Waals surface area contributed by atoms with Crippen LogP contribution in [0.15, 0.2) is 71.7 Å². The van der Waals surface area contributed by atoms with Crippen molar-refractivity contribution in [3.63, 3.8) is 0 Å². The molecular formula is C26H25N3O4. The molecule has 7 heteroatoms. The Balaban J connectivity index is 1.31. The van der Waals surface area contributed by atoms with Gasteiger partial charge in [-0.3, -0.25) is 14.0 Å². The van der Waals surface area contributed by atoms with Crippen LogP contribution in [0.3, 0.4) is 0 Å². The van der Waals surface area contributed by atoms with Crippen molar-refractivity contribution in [1.29, 1.82) is 0 Å². The highest BCUT2D eigenvalue weighted by atomic mass is 16.5. The van der Waals surface area contributed by atoms with Crippen molar-refractivity contribution in [3.05, 3.63) is 99.6 Å². The number of aryl methyl sites for hydroxylation is 3. The molecule has 0 bridgehead atoms. The molecule has 0 aliphatic rings. The van der Waals surface area contributed by atoms with Crippen LogP contribution in [-0.4, -0.2) is 21.9 Å². The predicted molar refractivity (Wildman–Crippen MR) is 127 cm³/mol. The van der Waals surface area contributed by atoms with Crippen molar-refractivity contribution in [2.75, 3.05) is 11.9 Å². The first kappa shape index (κ1) is 22.1. The topological polar surface area (TPSA) is 81.9 Å². The van der Waals surface area contributed by atoms with Crippen molar-refractivity contribution < 1.29 is 14.3 Å². The van der Waals surface area contributed by atoms with E-state index in [9.17, 15) is 9.59 Å². The second-order valence-corrected chi connectivity index (χ2v) is 7.92. The van der Waals surface area contributed by atoms with Crippen LogP contribution in [0.1, 0.15) is 22.4 Å². The fraction of sp³-hybridized carbons (Fsp3) is 0.192. The lowest BCUT2D eigenvalue weighted by atomic mass is 10.1. The van der Waals surface area contributed by atoms with Gasteiger partial charge in [-0.05, 0) is 79.9 Å². The third-order valence-corrected chi connectivity index (χ3v) is 5.23. The zero-order chi connectivity index (χ0) is 23.4. The van der Waals surface area contributed by atoms with Crippen LogP contribution < -0.4 is 20.3 Å². The molecule has 1 amide bonds. The number of aromatic nitrogens is 2. The highest BCUT2D eigenvalue weighted by molar-refractivity contribution is 5.91. The molecule has 1 N–H and O–H groups in total. The number of carbonyl (C=O) groups excluding carboxylic acids is 1. The Hall–Kier alpha value is -4.13. The van der Waals surface area contributed by atoms with Crippen LogP contribution in [0.2, 0.25) is 0 Å². The number of nitrogens with zero attached hydrogens (tertiary/aromatic N) is 2. The number of nitrogens with one attached hydrogen (secondary N) is 1. The van der Waals surface area contributed by atoms with E-state index in [1.54, 1.807) is 36.5 Å². The molecule has 7 nitrogen and oxygen atoms in total. The van der Waals surface area contributed by atoms with Gasteiger partial charge in [0.25, 0.3) is 11.5 Å². The number of hydrogen-bond acceptors (Lipinski definition) is 5. The molecule has 2 heterocycles. The summed E-state index contributed by atoms with van der Waals surface area (Å²) in [5.41, 5.74) is 4.88. The summed E-state index contributed by atoms with van der Waals surface area (Å²) in [5.74, 6) is 1.01. The molecular weight excluding hydrogens is 418 g/mol. The molecule has 0 atom stereocenters. The third kappa shape index (κ3) is 5.57. The molecule has 2 aromatic heterocycles. The van der Waals surface area contributed by atoms with Gasteiger partial charge in [-0.15, -0.1) is 0 Å². The molecule has 4 aromatic rings. The summed E-state index contributed by atoms with van der Waals surface area (Å²) in [6.45, 7) is 6.03. The van der Waals surface area contributed by atoms with E-state index in [2.05, 4.69) is 10.3 Å². The zero-order valence-corrected chi connectivity index (χ0v) is 18.8. The molecule has 168 valence electrons. The van der Waals surface area contributed by atoms with E-state index in [0.717, 1.165) is 11.1 Å². The Morgan fingerprint density at radius 1 is 0.909 bits per heavy atom. The Kier molecular flexibility index (Phi) is 6.40. The van der Waals surface area contributed by atoms with E-state index in [4.69, 9.17) is 9.47 Å². The maximum atomic E-state index is 12.3. The smallest absolute Gasteiger partial charge is 0.262 e. The van der Waals surface area contributed by atoms with Crippen LogP contribution in [0.4, 0.5) is 5.69 Å². The molecule has 0 fully saturated rings. The first-order chi connectivity index (χ1) is 15.9. The van der Waals surface area contributed by atoms with Crippen LogP contribution in [0.5, 0.6) is 11.5 Å². The van der Waals surface area contributed by atoms with Gasteiger partial charge in [-0.2, -0.15) is 0 Å². The van der Waals surface area contributed by atoms with E-state index in [-0.39, 0.29) is 24.7 Å². The summed E-state index contributed by atoms with van der Waals surface area (Å²) in [6.07, 6.45) is 1.76. The Morgan fingerprint density at radius 2 is 1.67 bits per heavy atom. The lowest BCUT2D eigenvalue weighted by Gasteiger charge is -2.10. The predicted octanol–water partition coefficient (Wildman–Crippen LogP) is 4.22. The lowest BCUT2D eigenvalue weighted by molar-refractivity contribution is -0.118. The number of carbonyl (C=O) groups is 1. The van der Waals surface area contributed by atoms with Crippen LogP contribution in [0, 0.1) is 20.8 Å². The van der Waals surface area contributed by atoms with E-state index < -0.39 is 0 Å². The molecule has 0 saturated carbocycles. The molecule has 0 radical (unpaired) electrons. The number of hydrogen-bond donors (Lipinski definition) is 1. The maximum Gasteiger partial charge on any atom is 0.262 e. The summed E-state index contributed by atoms with van der Waals surface area (Å²) in [6, 6.07) is 17.9. The van der Waals surface area contributed by atoms with Gasteiger partial charge < -0.3 is 14.8 Å². The Bertz CT molecular complexity index is 1360. The molecule has 4 rings (SSSR count). The molecule has 0 saturated heterocycles. The normalized spacial score (nSPS) is 10.8. The number of amides is 1. The maximum absolute atomic E-state index is 12.3. The van der Waals surface area contributed by atoms with E-state index in [1.165, 1.54) is 16.0 Å². The SMILES string of the molecule is Cc1ccc2nc(COc3ccc(NC(=O)COc4ccc(C)c(C)c4)cc3)cc(=O)n2c1. The Labute approximate surface area is 191 Å². The summed E-state index contributed by atoms with van der Waals surface area (Å²) >= 11 is 0. The third-order valence-electron chi connectivity index (χ3n) is 5.23. The molecule has 2 aromatic carbocycles. The molecule has 0 spiro atoms. The minimum Gasteiger partial charge on any atom is -0.487 e. The van der Waals surface area contributed by atoms with Gasteiger partial charge in [0, 0.05) is 18.0 Å². The first-order valence-electron chi connectivity index (χ1n) is 10.6. The first-order valence-corrected chi connectivity index (χ1v) is 10.6. The number of fused-ring (bicyclic) bond motifs is 1. The summed E-state index contributed by atoms with van der Waals surface area (Å²) in [7, 11) is 0. The van der Waals surface area contributed by atoms with Gasteiger partial charge in [-0.1, -0.05) is 12.1 Å². The van der Waals surface area contributed by atoms with Gasteiger partial charge in [0.2, 0.25) is 0 Å². The summed E-state index contributed by atoms with van der Waals surface area (Å²) < 4.78 is 12.8. The van der Waals surface area contributed by atoms with Crippen LogP contribution >= 0.6 is 0 Å². The number of ether oxygens (including phenoxy) is 2. The molecule has 0 unspecified atom stereocenters. The van der Waals surface area contributed by atoms with Gasteiger partial charge in [0.15, 0.2) is 6.61 Å². The molecule has 0 aliphatic heterocycles. The second kappa shape index (κ2) is 9.56. The largest absolute Gasteiger partial charge is 0.487 e. The van der Waals surface area contributed by atoms with E-state index in [0.29, 0.717) is 28.5 Å². The average Bonchev–Trinajstić information content (AvgIpc) is 2.80. The monoisotopic (exact) mass is 443 g/mol. The van der Waals surface area contributed by atoms with Crippen molar-refractivity contribution >= 4 is 17.2 Å². The number of rotatable bonds is 7. The number of anilines is 1. The quantitative estimate of drug-likeness (QED) is 0.463. The standard InChI is InChI=1S/C26H25N3O4/c1-17-4-11-24-27-21(13-26(31)29(24)14-17)15-32-22-9-6-20(7-10-22)28-25(30)16-33-23-8-5-18(2)19(3)12-23/h4-14H,15-16H2,1-3H3,(H,28,30). The van der Waals surface area contributed by atoms with E-state index in [1.807, 2.05) is 45.0 Å². The van der Waals surface area contributed by atoms with E-state index >= 15 is 0 Å². The minimum absolute atomic E-state index is 0.0799. The number of pyridine rings is 1. The highest BCUT2D eigenvalue weighted by Gasteiger charge is 2.07. The van der Waals surface area contributed by atoms with Crippen LogP contribution in [0.25, 0.3) is 5.65 Å². The fourth-order valence-electron chi connectivity index (χ4n) is 3.27. The van der Waals surface area contributed by atoms with Crippen molar-refractivity contribution in [3.8, 4) is 11.5 Å². The summed E-state index contributed by atoms with van der Waals surface area (Å²) in [5, 5.41) is 2.80. The average molecular weight is 444 g/mol. The van der Waals surface area contributed by atoms with Crippen LogP contribution in [-0.2, 0) is 11.4 Å². The van der Waals surface area contributed by atoms with Crippen molar-refractivity contribution in [1.82, 2.24) is 9.38 Å². The van der Waals surface area contributed by atoms with Gasteiger partial charge in [0.1, 0.15) is 23.8 Å². The van der Waals surface area contributed by atoms with Crippen molar-refractivity contribution in [2.45, 2.75) is 27.4 Å². The minimum atomic E-state index is -0.252.